The number of ether oxygens (including phenoxy) is 4. The van der Waals surface area contributed by atoms with E-state index < -0.39 is 79.6 Å². The van der Waals surface area contributed by atoms with Crippen molar-refractivity contribution in [1.29, 1.82) is 0 Å². The van der Waals surface area contributed by atoms with Gasteiger partial charge in [-0.15, -0.1) is 0 Å². The molecule has 0 bridgehead atoms. The van der Waals surface area contributed by atoms with E-state index in [-0.39, 0.29) is 0 Å². The van der Waals surface area contributed by atoms with Gasteiger partial charge in [0.2, 0.25) is 5.91 Å². The van der Waals surface area contributed by atoms with E-state index in [1.165, 1.54) is 0 Å². The SMILES string of the molecule is [2H]C1(O[C@]2([2H])OC(C(=O)O)[C@@]([2H])(OC)C(O)[C@@H]2O)[C@H](O)C(CO)O[C@@]([2H])(C)[C@H]1NC(C)=O. The van der Waals surface area contributed by atoms with Gasteiger partial charge < -0.3 is 49.8 Å². The van der Waals surface area contributed by atoms with Crippen LogP contribution in [-0.4, -0.2) is 112 Å². The summed E-state index contributed by atoms with van der Waals surface area (Å²) < 4.78 is 53.4. The fourth-order valence-electron chi connectivity index (χ4n) is 2.84. The van der Waals surface area contributed by atoms with Crippen molar-refractivity contribution in [3.05, 3.63) is 0 Å². The van der Waals surface area contributed by atoms with Crippen LogP contribution in [0.2, 0.25) is 0 Å². The highest BCUT2D eigenvalue weighted by Crippen LogP contribution is 2.30. The lowest BCUT2D eigenvalue weighted by Crippen LogP contribution is -2.67. The molecule has 2 heterocycles. The number of carboxylic acids is 1. The van der Waals surface area contributed by atoms with Crippen molar-refractivity contribution < 1.29 is 59.6 Å². The highest BCUT2D eigenvalue weighted by Gasteiger charge is 2.52. The minimum atomic E-state index is -3.31. The van der Waals surface area contributed by atoms with Crippen LogP contribution in [0.4, 0.5) is 0 Å². The molecule has 4 unspecified atom stereocenters. The molecule has 6 N–H and O–H groups in total. The average molecular weight is 413 g/mol. The molecule has 28 heavy (non-hydrogen) atoms. The molecule has 0 aliphatic carbocycles. The fourth-order valence-corrected chi connectivity index (χ4v) is 2.84. The molecule has 2 fully saturated rings. The summed E-state index contributed by atoms with van der Waals surface area (Å²) in [7, 11) is 0.860. The van der Waals surface area contributed by atoms with Crippen LogP contribution < -0.4 is 5.32 Å². The Bertz CT molecular complexity index is 747. The summed E-state index contributed by atoms with van der Waals surface area (Å²) in [5.74, 6) is -2.68. The van der Waals surface area contributed by atoms with Crippen LogP contribution in [0.1, 0.15) is 19.3 Å². The lowest BCUT2D eigenvalue weighted by atomic mass is 9.92. The molecule has 0 aromatic carbocycles. The van der Waals surface area contributed by atoms with Crippen LogP contribution in [0.15, 0.2) is 0 Å². The normalized spacial score (nSPS) is 56.7. The topological polar surface area (TPSA) is 184 Å². The van der Waals surface area contributed by atoms with Crippen LogP contribution in [-0.2, 0) is 28.5 Å². The van der Waals surface area contributed by atoms with Crippen LogP contribution >= 0.6 is 0 Å². The Labute approximate surface area is 166 Å². The third kappa shape index (κ3) is 4.60. The van der Waals surface area contributed by atoms with Gasteiger partial charge in [0.05, 0.1) is 24.2 Å². The van der Waals surface area contributed by atoms with Gasteiger partial charge in [-0.3, -0.25) is 4.79 Å². The predicted molar refractivity (Wildman–Crippen MR) is 89.0 cm³/mol. The number of methoxy groups -OCH3 is 1. The quantitative estimate of drug-likeness (QED) is 0.255. The number of aliphatic carboxylic acids is 1. The van der Waals surface area contributed by atoms with Gasteiger partial charge in [0.1, 0.15) is 36.6 Å². The zero-order valence-electron chi connectivity index (χ0n) is 19.4. The van der Waals surface area contributed by atoms with Crippen molar-refractivity contribution in [1.82, 2.24) is 5.32 Å². The fraction of sp³-hybridized carbons (Fsp3) is 0.875. The summed E-state index contributed by atoms with van der Waals surface area (Å²) in [5, 5.41) is 52.5. The van der Waals surface area contributed by atoms with Crippen molar-refractivity contribution in [2.75, 3.05) is 13.7 Å². The molecule has 12 heteroatoms. The minimum absolute atomic E-state index is 0.802. The van der Waals surface area contributed by atoms with E-state index in [9.17, 15) is 35.1 Å². The number of nitrogens with one attached hydrogen (secondary N) is 1. The molecule has 0 spiro atoms. The number of hydrogen-bond donors (Lipinski definition) is 6. The van der Waals surface area contributed by atoms with Gasteiger partial charge in [-0.2, -0.15) is 0 Å². The number of amides is 1. The average Bonchev–Trinajstić information content (AvgIpc) is 2.69. The van der Waals surface area contributed by atoms with E-state index in [0.717, 1.165) is 21.0 Å². The number of carboxylic acid groups (broad SMARTS) is 1. The molecule has 0 aromatic rings. The lowest BCUT2D eigenvalue weighted by Gasteiger charge is -2.47. The standard InChI is InChI=1S/C16H27NO11/c1-5-8(17-6(2)19)12(9(20)7(4-18)26-5)27-16-11(22)10(21)13(25-3)14(28-16)15(23)24/h5,7-14,16,18,20-22H,4H2,1-3H3,(H,17,19)(H,23,24)/t5-,7?,8+,9+,10?,11-,12?,13-,14?,16+/m0/s1/i5D,12D,13D,16D. The lowest BCUT2D eigenvalue weighted by molar-refractivity contribution is -0.327. The third-order valence-corrected chi connectivity index (χ3v) is 4.20. The van der Waals surface area contributed by atoms with E-state index in [1.807, 2.05) is 0 Å². The number of hydrogen-bond acceptors (Lipinski definition) is 10. The Morgan fingerprint density at radius 1 is 1.14 bits per heavy atom. The van der Waals surface area contributed by atoms with Gasteiger partial charge in [0, 0.05) is 14.0 Å². The van der Waals surface area contributed by atoms with Crippen molar-refractivity contribution in [2.45, 2.75) is 74.9 Å². The Balaban J connectivity index is 2.57. The molecule has 12 nitrogen and oxygen atoms in total. The number of carbonyl (C=O) groups excluding carboxylic acids is 1. The Hall–Kier alpha value is -1.38. The second kappa shape index (κ2) is 9.41. The molecule has 0 radical (unpaired) electrons. The van der Waals surface area contributed by atoms with E-state index in [2.05, 4.69) is 10.1 Å². The van der Waals surface area contributed by atoms with Crippen LogP contribution in [0.25, 0.3) is 0 Å². The summed E-state index contributed by atoms with van der Waals surface area (Å²) in [4.78, 5) is 23.3. The maximum Gasteiger partial charge on any atom is 0.335 e. The molecule has 0 aromatic heterocycles. The van der Waals surface area contributed by atoms with Crippen molar-refractivity contribution in [2.24, 2.45) is 0 Å². The number of aliphatic hydroxyl groups excluding tert-OH is 4. The molecule has 2 aliphatic heterocycles. The summed E-state index contributed by atoms with van der Waals surface area (Å²) >= 11 is 0. The highest BCUT2D eigenvalue weighted by atomic mass is 16.7. The zero-order valence-corrected chi connectivity index (χ0v) is 15.4. The first-order valence-electron chi connectivity index (χ1n) is 10.3. The first-order chi connectivity index (χ1) is 14.5. The van der Waals surface area contributed by atoms with Gasteiger partial charge in [0.25, 0.3) is 0 Å². The largest absolute Gasteiger partial charge is 0.479 e. The number of aliphatic hydroxyl groups is 4. The molecule has 1 amide bonds. The molecule has 10 atom stereocenters. The molecule has 2 rings (SSSR count). The Kier molecular flexibility index (Phi) is 5.87. The van der Waals surface area contributed by atoms with Crippen LogP contribution in [0.5, 0.6) is 0 Å². The maximum atomic E-state index is 11.7. The van der Waals surface area contributed by atoms with Gasteiger partial charge in [-0.05, 0) is 6.92 Å². The van der Waals surface area contributed by atoms with Crippen molar-refractivity contribution in [3.63, 3.8) is 0 Å². The monoisotopic (exact) mass is 413 g/mol. The summed E-state index contributed by atoms with van der Waals surface area (Å²) in [6.07, 6.45) is -22.4. The molecule has 0 saturated carbocycles. The zero-order chi connectivity index (χ0) is 24.9. The Morgan fingerprint density at radius 3 is 2.29 bits per heavy atom. The molecule has 162 valence electrons. The number of rotatable bonds is 6. The van der Waals surface area contributed by atoms with Gasteiger partial charge in [-0.25, -0.2) is 4.79 Å². The summed E-state index contributed by atoms with van der Waals surface area (Å²) in [6, 6.07) is -1.87. The maximum absolute atomic E-state index is 11.7. The van der Waals surface area contributed by atoms with Gasteiger partial charge in [0.15, 0.2) is 12.4 Å². The first-order valence-corrected chi connectivity index (χ1v) is 8.26. The molecule has 2 saturated heterocycles. The van der Waals surface area contributed by atoms with Crippen molar-refractivity contribution in [3.8, 4) is 0 Å². The van der Waals surface area contributed by atoms with Gasteiger partial charge >= 0.3 is 5.97 Å². The first kappa shape index (κ1) is 17.5. The summed E-state index contributed by atoms with van der Waals surface area (Å²) in [5.41, 5.74) is 0. The van der Waals surface area contributed by atoms with Crippen molar-refractivity contribution >= 4 is 11.9 Å². The second-order valence-electron chi connectivity index (χ2n) is 6.18. The minimum Gasteiger partial charge on any atom is -0.479 e. The van der Waals surface area contributed by atoms with E-state index >= 15 is 0 Å². The van der Waals surface area contributed by atoms with Crippen LogP contribution in [0, 0.1) is 0 Å². The molecular formula is C16H27NO11. The number of carbonyl (C=O) groups is 2. The smallest absolute Gasteiger partial charge is 0.335 e. The predicted octanol–water partition coefficient (Wildman–Crippen LogP) is -3.44. The second-order valence-corrected chi connectivity index (χ2v) is 6.18. The molecular weight excluding hydrogens is 382 g/mol. The van der Waals surface area contributed by atoms with Crippen LogP contribution in [0.3, 0.4) is 0 Å². The molecule has 2 aliphatic rings. The highest BCUT2D eigenvalue weighted by molar-refractivity contribution is 5.73. The van der Waals surface area contributed by atoms with E-state index in [4.69, 9.17) is 19.7 Å². The van der Waals surface area contributed by atoms with E-state index in [1.54, 1.807) is 0 Å². The third-order valence-electron chi connectivity index (χ3n) is 4.20. The Morgan fingerprint density at radius 2 is 1.79 bits per heavy atom. The van der Waals surface area contributed by atoms with E-state index in [0.29, 0.717) is 0 Å². The summed E-state index contributed by atoms with van der Waals surface area (Å²) in [6.45, 7) is 1.17. The van der Waals surface area contributed by atoms with Gasteiger partial charge in [-0.1, -0.05) is 0 Å².